The molecule has 534 valence electrons. The van der Waals surface area contributed by atoms with Crippen LogP contribution in [0.2, 0.25) is 0 Å². The predicted molar refractivity (Wildman–Crippen MR) is 363 cm³/mol. The summed E-state index contributed by atoms with van der Waals surface area (Å²) in [6.07, 6.45) is 48.5. The van der Waals surface area contributed by atoms with E-state index in [9.17, 15) is 43.2 Å². The molecule has 5 atom stereocenters. The number of hydrogen-bond acceptors (Lipinski definition) is 15. The lowest BCUT2D eigenvalue weighted by Crippen LogP contribution is -2.30. The van der Waals surface area contributed by atoms with Gasteiger partial charge in [-0.1, -0.05) is 311 Å². The van der Waals surface area contributed by atoms with Crippen LogP contribution in [0.4, 0.5) is 0 Å². The number of aliphatic hydroxyl groups excluding tert-OH is 1. The Bertz CT molecular complexity index is 1750. The molecule has 2 unspecified atom stereocenters. The first kappa shape index (κ1) is 88.1. The van der Waals surface area contributed by atoms with Crippen molar-refractivity contribution in [3.8, 4) is 0 Å². The van der Waals surface area contributed by atoms with E-state index in [-0.39, 0.29) is 25.7 Å². The second-order valence-electron chi connectivity index (χ2n) is 26.6. The fraction of sp³-hybridized carbons (Fsp3) is 0.944. The first-order valence-corrected chi connectivity index (χ1v) is 40.0. The van der Waals surface area contributed by atoms with Gasteiger partial charge < -0.3 is 33.8 Å². The molecular weight excluding hydrogens is 1190 g/mol. The van der Waals surface area contributed by atoms with E-state index in [0.717, 1.165) is 102 Å². The van der Waals surface area contributed by atoms with Crippen molar-refractivity contribution in [3.63, 3.8) is 0 Å². The van der Waals surface area contributed by atoms with E-state index in [1.807, 2.05) is 0 Å². The molecule has 0 radical (unpaired) electrons. The van der Waals surface area contributed by atoms with E-state index >= 15 is 0 Å². The molecule has 0 fully saturated rings. The standard InChI is InChI=1S/C71H138O17P2/c1-7-9-11-13-15-17-19-21-23-25-31-37-44-50-56-71(76)87-66(59-81-68(73)53-47-41-35-29-27-26-28-33-39-45-51-63(3)4)61-85-89(77,78)83-57-65(72)58-84-90(79,80)86-62-67(60-82-69(74)54-48-42-38-32-34-40-46-52-64(5)6)88-70(75)55-49-43-36-30-24-22-20-18-16-14-12-10-8-2/h63-67,72H,7-62H2,1-6H3,(H,77,78)(H,79,80)/t65-,66-,67-/m1/s1. The van der Waals surface area contributed by atoms with Crippen LogP contribution in [0.25, 0.3) is 0 Å². The molecule has 0 aliphatic heterocycles. The molecule has 0 aliphatic rings. The van der Waals surface area contributed by atoms with Gasteiger partial charge in [0.2, 0.25) is 0 Å². The molecule has 0 aliphatic carbocycles. The zero-order chi connectivity index (χ0) is 66.5. The lowest BCUT2D eigenvalue weighted by molar-refractivity contribution is -0.161. The molecule has 0 aromatic heterocycles. The highest BCUT2D eigenvalue weighted by atomic mass is 31.2. The van der Waals surface area contributed by atoms with Crippen molar-refractivity contribution in [3.05, 3.63) is 0 Å². The number of carbonyl (C=O) groups is 4. The van der Waals surface area contributed by atoms with Crippen molar-refractivity contribution in [1.29, 1.82) is 0 Å². The van der Waals surface area contributed by atoms with Crippen molar-refractivity contribution in [2.75, 3.05) is 39.6 Å². The first-order chi connectivity index (χ1) is 43.4. The highest BCUT2D eigenvalue weighted by molar-refractivity contribution is 7.47. The monoisotopic (exact) mass is 1320 g/mol. The Morgan fingerprint density at radius 1 is 0.300 bits per heavy atom. The largest absolute Gasteiger partial charge is 0.472 e. The molecule has 0 spiro atoms. The summed E-state index contributed by atoms with van der Waals surface area (Å²) in [4.78, 5) is 72.6. The van der Waals surface area contributed by atoms with Gasteiger partial charge in [0.25, 0.3) is 0 Å². The van der Waals surface area contributed by atoms with E-state index in [4.69, 9.17) is 37.0 Å². The third kappa shape index (κ3) is 64.8. The van der Waals surface area contributed by atoms with E-state index in [2.05, 4.69) is 41.5 Å². The van der Waals surface area contributed by atoms with E-state index in [1.165, 1.54) is 173 Å². The van der Waals surface area contributed by atoms with Gasteiger partial charge in [0, 0.05) is 25.7 Å². The molecule has 19 heteroatoms. The second kappa shape index (κ2) is 63.1. The molecule has 0 saturated carbocycles. The zero-order valence-corrected chi connectivity index (χ0v) is 60.2. The van der Waals surface area contributed by atoms with Crippen LogP contribution in [0.1, 0.15) is 363 Å². The normalized spacial score (nSPS) is 14.1. The topological polar surface area (TPSA) is 237 Å². The van der Waals surface area contributed by atoms with Crippen molar-refractivity contribution in [1.82, 2.24) is 0 Å². The molecule has 0 heterocycles. The zero-order valence-electron chi connectivity index (χ0n) is 58.4. The molecule has 0 aromatic rings. The molecule has 0 amide bonds. The summed E-state index contributed by atoms with van der Waals surface area (Å²) in [5.74, 6) is -0.657. The maximum absolute atomic E-state index is 13.0. The summed E-state index contributed by atoms with van der Waals surface area (Å²) in [6.45, 7) is 9.50. The van der Waals surface area contributed by atoms with E-state index in [1.54, 1.807) is 0 Å². The van der Waals surface area contributed by atoms with Gasteiger partial charge in [-0.25, -0.2) is 9.13 Å². The highest BCUT2D eigenvalue weighted by Crippen LogP contribution is 2.45. The molecule has 0 saturated heterocycles. The van der Waals surface area contributed by atoms with Crippen LogP contribution < -0.4 is 0 Å². The Hall–Kier alpha value is -1.94. The second-order valence-corrected chi connectivity index (χ2v) is 29.5. The molecule has 17 nitrogen and oxygen atoms in total. The Morgan fingerprint density at radius 3 is 0.756 bits per heavy atom. The summed E-state index contributed by atoms with van der Waals surface area (Å²) in [6, 6.07) is 0. The molecule has 0 bridgehead atoms. The number of ether oxygens (including phenoxy) is 4. The Kier molecular flexibility index (Phi) is 61.8. The number of aliphatic hydroxyl groups is 1. The predicted octanol–water partition coefficient (Wildman–Crippen LogP) is 20.4. The minimum Gasteiger partial charge on any atom is -0.462 e. The first-order valence-electron chi connectivity index (χ1n) is 37.0. The Balaban J connectivity index is 5.25. The number of unbranched alkanes of at least 4 members (excludes halogenated alkanes) is 40. The third-order valence-electron chi connectivity index (χ3n) is 16.5. The molecular formula is C71H138O17P2. The lowest BCUT2D eigenvalue weighted by Gasteiger charge is -2.21. The minimum atomic E-state index is -4.95. The van der Waals surface area contributed by atoms with Crippen LogP contribution in [0.3, 0.4) is 0 Å². The van der Waals surface area contributed by atoms with Gasteiger partial charge in [-0.3, -0.25) is 37.3 Å². The van der Waals surface area contributed by atoms with Crippen LogP contribution in [-0.4, -0.2) is 96.7 Å². The fourth-order valence-corrected chi connectivity index (χ4v) is 12.3. The average Bonchev–Trinajstić information content (AvgIpc) is 3.51. The number of rotatable bonds is 70. The van der Waals surface area contributed by atoms with Crippen LogP contribution >= 0.6 is 15.6 Å². The highest BCUT2D eigenvalue weighted by Gasteiger charge is 2.30. The van der Waals surface area contributed by atoms with Crippen LogP contribution in [0.15, 0.2) is 0 Å². The summed E-state index contributed by atoms with van der Waals surface area (Å²) in [7, 11) is -9.90. The quantitative estimate of drug-likeness (QED) is 0.0222. The summed E-state index contributed by atoms with van der Waals surface area (Å²) < 4.78 is 68.3. The Morgan fingerprint density at radius 2 is 0.511 bits per heavy atom. The third-order valence-corrected chi connectivity index (χ3v) is 18.4. The van der Waals surface area contributed by atoms with Gasteiger partial charge in [0.05, 0.1) is 26.4 Å². The number of phosphoric ester groups is 2. The average molecular weight is 1330 g/mol. The van der Waals surface area contributed by atoms with Crippen molar-refractivity contribution >= 4 is 39.5 Å². The summed E-state index contributed by atoms with van der Waals surface area (Å²) in [5, 5.41) is 10.6. The van der Waals surface area contributed by atoms with Gasteiger partial charge in [-0.2, -0.15) is 0 Å². The molecule has 90 heavy (non-hydrogen) atoms. The van der Waals surface area contributed by atoms with Crippen molar-refractivity contribution < 1.29 is 80.2 Å². The van der Waals surface area contributed by atoms with Crippen molar-refractivity contribution in [2.24, 2.45) is 11.8 Å². The number of carbonyl (C=O) groups excluding carboxylic acids is 4. The fourth-order valence-electron chi connectivity index (χ4n) is 10.8. The SMILES string of the molecule is CCCCCCCCCCCCCCCCC(=O)O[C@H](COC(=O)CCCCCCCCCCCCC(C)C)COP(=O)(O)OC[C@@H](O)COP(=O)(O)OC[C@@H](COC(=O)CCCCCCCCCC(C)C)OC(=O)CCCCCCCCCCCCCCC. The van der Waals surface area contributed by atoms with E-state index in [0.29, 0.717) is 31.6 Å². The maximum atomic E-state index is 13.0. The van der Waals surface area contributed by atoms with Gasteiger partial charge in [-0.15, -0.1) is 0 Å². The molecule has 3 N–H and O–H groups in total. The van der Waals surface area contributed by atoms with E-state index < -0.39 is 97.5 Å². The van der Waals surface area contributed by atoms with Crippen LogP contribution in [0.5, 0.6) is 0 Å². The lowest BCUT2D eigenvalue weighted by atomic mass is 10.0. The molecule has 0 aromatic carbocycles. The van der Waals surface area contributed by atoms with Crippen LogP contribution in [0, 0.1) is 11.8 Å². The number of esters is 4. The van der Waals surface area contributed by atoms with Gasteiger partial charge in [0.15, 0.2) is 12.2 Å². The summed E-state index contributed by atoms with van der Waals surface area (Å²) in [5.41, 5.74) is 0. The molecule has 0 rings (SSSR count). The van der Waals surface area contributed by atoms with Gasteiger partial charge in [0.1, 0.15) is 19.3 Å². The van der Waals surface area contributed by atoms with Crippen LogP contribution in [-0.2, 0) is 65.4 Å². The summed E-state index contributed by atoms with van der Waals surface area (Å²) >= 11 is 0. The Labute approximate surface area is 549 Å². The maximum Gasteiger partial charge on any atom is 0.472 e. The van der Waals surface area contributed by atoms with Crippen molar-refractivity contribution in [2.45, 2.75) is 381 Å². The van der Waals surface area contributed by atoms with Gasteiger partial charge in [-0.05, 0) is 37.5 Å². The number of phosphoric acid groups is 2. The number of hydrogen-bond donors (Lipinski definition) is 3. The van der Waals surface area contributed by atoms with Gasteiger partial charge >= 0.3 is 39.5 Å². The minimum absolute atomic E-state index is 0.107. The smallest absolute Gasteiger partial charge is 0.462 e.